The summed E-state index contributed by atoms with van der Waals surface area (Å²) in [6.45, 7) is 0. The lowest BCUT2D eigenvalue weighted by molar-refractivity contribution is 0.642. The molecule has 0 saturated heterocycles. The van der Waals surface area contributed by atoms with E-state index in [9.17, 15) is 4.79 Å². The summed E-state index contributed by atoms with van der Waals surface area (Å²) in [5.74, 6) is 0.904. The smallest absolute Gasteiger partial charge is 0.344 e. The third kappa shape index (κ3) is 2.84. The molecule has 1 aliphatic carbocycles. The largest absolute Gasteiger partial charge is 0.399 e. The van der Waals surface area contributed by atoms with Gasteiger partial charge in [0.25, 0.3) is 0 Å². The Morgan fingerprint density at radius 2 is 2.11 bits per heavy atom. The van der Waals surface area contributed by atoms with E-state index in [1.807, 2.05) is 24.3 Å². The summed E-state index contributed by atoms with van der Waals surface area (Å²) in [7, 11) is 0. The Labute approximate surface area is 115 Å². The number of nitrogen functional groups attached to an aromatic ring is 1. The monoisotopic (exact) mass is 276 g/mol. The number of aryl methyl sites for hydroxylation is 1. The van der Waals surface area contributed by atoms with Crippen LogP contribution in [-0.2, 0) is 6.42 Å². The topological polar surface area (TPSA) is 76.7 Å². The summed E-state index contributed by atoms with van der Waals surface area (Å²) in [6.07, 6.45) is 3.12. The Bertz CT molecular complexity index is 612. The molecule has 2 aromatic rings. The minimum absolute atomic E-state index is 0.0857. The van der Waals surface area contributed by atoms with Crippen molar-refractivity contribution >= 4 is 17.4 Å². The zero-order valence-electron chi connectivity index (χ0n) is 10.5. The minimum atomic E-state index is -0.0857. The molecular weight excluding hydrogens is 260 g/mol. The molecule has 3 N–H and O–H groups in total. The van der Waals surface area contributed by atoms with E-state index in [2.05, 4.69) is 10.2 Å². The number of H-pyrrole nitrogens is 1. The van der Waals surface area contributed by atoms with E-state index in [4.69, 9.17) is 5.73 Å². The maximum absolute atomic E-state index is 11.6. The molecule has 6 heteroatoms. The van der Waals surface area contributed by atoms with Crippen molar-refractivity contribution in [1.29, 1.82) is 0 Å². The summed E-state index contributed by atoms with van der Waals surface area (Å²) >= 11 is 1.62. The number of hydrogen-bond acceptors (Lipinski definition) is 4. The lowest BCUT2D eigenvalue weighted by atomic mass is 10.2. The summed E-state index contributed by atoms with van der Waals surface area (Å²) in [6, 6.07) is 8.26. The van der Waals surface area contributed by atoms with Crippen LogP contribution in [0.4, 0.5) is 5.69 Å². The fourth-order valence-electron chi connectivity index (χ4n) is 1.99. The van der Waals surface area contributed by atoms with Crippen LogP contribution in [0.5, 0.6) is 0 Å². The Morgan fingerprint density at radius 3 is 2.79 bits per heavy atom. The van der Waals surface area contributed by atoms with Gasteiger partial charge in [0.1, 0.15) is 0 Å². The first kappa shape index (κ1) is 12.3. The Hall–Kier alpha value is -1.69. The van der Waals surface area contributed by atoms with Gasteiger partial charge in [0.2, 0.25) is 0 Å². The molecule has 0 atom stereocenters. The number of hydrogen-bond donors (Lipinski definition) is 2. The number of nitrogens with one attached hydrogen (secondary N) is 1. The van der Waals surface area contributed by atoms with E-state index < -0.39 is 0 Å². The fourth-order valence-corrected chi connectivity index (χ4v) is 2.99. The van der Waals surface area contributed by atoms with Gasteiger partial charge in [0.15, 0.2) is 5.16 Å². The molecule has 1 saturated carbocycles. The number of thioether (sulfide) groups is 1. The van der Waals surface area contributed by atoms with E-state index in [-0.39, 0.29) is 5.69 Å². The quantitative estimate of drug-likeness (QED) is 0.645. The SMILES string of the molecule is Nc1ccc(CCSc2n[nH]c(=O)n2C2CC2)cc1. The fraction of sp³-hybridized carbons (Fsp3) is 0.385. The molecule has 1 aliphatic rings. The van der Waals surface area contributed by atoms with Gasteiger partial charge in [0.05, 0.1) is 0 Å². The van der Waals surface area contributed by atoms with Crippen LogP contribution in [0.2, 0.25) is 0 Å². The minimum Gasteiger partial charge on any atom is -0.399 e. The molecule has 0 unspecified atom stereocenters. The first-order valence-electron chi connectivity index (χ1n) is 6.38. The molecule has 0 amide bonds. The van der Waals surface area contributed by atoms with Gasteiger partial charge in [-0.15, -0.1) is 5.10 Å². The van der Waals surface area contributed by atoms with Crippen LogP contribution in [0.25, 0.3) is 0 Å². The molecule has 0 spiro atoms. The Kier molecular flexibility index (Phi) is 3.33. The van der Waals surface area contributed by atoms with Crippen LogP contribution >= 0.6 is 11.8 Å². The zero-order chi connectivity index (χ0) is 13.2. The number of aromatic amines is 1. The van der Waals surface area contributed by atoms with Crippen LogP contribution in [0, 0.1) is 0 Å². The van der Waals surface area contributed by atoms with Gasteiger partial charge in [-0.3, -0.25) is 4.57 Å². The molecule has 0 aliphatic heterocycles. The molecule has 0 radical (unpaired) electrons. The van der Waals surface area contributed by atoms with Crippen molar-refractivity contribution in [2.75, 3.05) is 11.5 Å². The van der Waals surface area contributed by atoms with E-state index in [1.54, 1.807) is 16.3 Å². The van der Waals surface area contributed by atoms with Crippen molar-refractivity contribution in [3.8, 4) is 0 Å². The van der Waals surface area contributed by atoms with Crippen molar-refractivity contribution in [3.05, 3.63) is 40.3 Å². The van der Waals surface area contributed by atoms with Crippen LogP contribution < -0.4 is 11.4 Å². The van der Waals surface area contributed by atoms with Crippen molar-refractivity contribution < 1.29 is 0 Å². The first-order chi connectivity index (χ1) is 9.24. The first-order valence-corrected chi connectivity index (χ1v) is 7.37. The van der Waals surface area contributed by atoms with E-state index in [0.717, 1.165) is 35.9 Å². The van der Waals surface area contributed by atoms with Crippen molar-refractivity contribution in [3.63, 3.8) is 0 Å². The second-order valence-electron chi connectivity index (χ2n) is 4.75. The molecule has 100 valence electrons. The zero-order valence-corrected chi connectivity index (χ0v) is 11.3. The van der Waals surface area contributed by atoms with E-state index in [0.29, 0.717) is 6.04 Å². The number of rotatable bonds is 5. The van der Waals surface area contributed by atoms with Gasteiger partial charge in [-0.1, -0.05) is 23.9 Å². The van der Waals surface area contributed by atoms with Crippen molar-refractivity contribution in [2.24, 2.45) is 0 Å². The third-order valence-electron chi connectivity index (χ3n) is 3.19. The van der Waals surface area contributed by atoms with Crippen molar-refractivity contribution in [1.82, 2.24) is 14.8 Å². The molecule has 1 heterocycles. The van der Waals surface area contributed by atoms with Crippen LogP contribution in [0.15, 0.2) is 34.2 Å². The van der Waals surface area contributed by atoms with Gasteiger partial charge in [-0.25, -0.2) is 9.89 Å². The summed E-state index contributed by atoms with van der Waals surface area (Å²) in [5, 5.41) is 7.43. The predicted octanol–water partition coefficient (Wildman–Crippen LogP) is 1.82. The Morgan fingerprint density at radius 1 is 1.37 bits per heavy atom. The van der Waals surface area contributed by atoms with E-state index >= 15 is 0 Å². The number of anilines is 1. The number of benzene rings is 1. The lowest BCUT2D eigenvalue weighted by Crippen LogP contribution is -2.16. The summed E-state index contributed by atoms with van der Waals surface area (Å²) < 4.78 is 1.79. The highest BCUT2D eigenvalue weighted by Gasteiger charge is 2.28. The lowest BCUT2D eigenvalue weighted by Gasteiger charge is -2.04. The molecular formula is C13H16N4OS. The average molecular weight is 276 g/mol. The molecule has 5 nitrogen and oxygen atoms in total. The second-order valence-corrected chi connectivity index (χ2v) is 5.81. The Balaban J connectivity index is 1.60. The van der Waals surface area contributed by atoms with Gasteiger partial charge < -0.3 is 5.73 Å². The van der Waals surface area contributed by atoms with Gasteiger partial charge in [-0.2, -0.15) is 0 Å². The third-order valence-corrected chi connectivity index (χ3v) is 4.14. The number of aromatic nitrogens is 3. The highest BCUT2D eigenvalue weighted by Crippen LogP contribution is 2.36. The highest BCUT2D eigenvalue weighted by molar-refractivity contribution is 7.99. The van der Waals surface area contributed by atoms with Gasteiger partial charge in [-0.05, 0) is 37.0 Å². The number of nitrogens with two attached hydrogens (primary N) is 1. The molecule has 1 fully saturated rings. The normalized spacial score (nSPS) is 14.7. The highest BCUT2D eigenvalue weighted by atomic mass is 32.2. The average Bonchev–Trinajstić information content (AvgIpc) is 3.17. The summed E-state index contributed by atoms with van der Waals surface area (Å²) in [4.78, 5) is 11.6. The maximum atomic E-state index is 11.6. The maximum Gasteiger partial charge on any atom is 0.344 e. The molecule has 0 bridgehead atoms. The van der Waals surface area contributed by atoms with Crippen LogP contribution in [0.1, 0.15) is 24.4 Å². The molecule has 19 heavy (non-hydrogen) atoms. The van der Waals surface area contributed by atoms with Gasteiger partial charge >= 0.3 is 5.69 Å². The molecule has 3 rings (SSSR count). The van der Waals surface area contributed by atoms with Crippen molar-refractivity contribution in [2.45, 2.75) is 30.5 Å². The van der Waals surface area contributed by atoms with Gasteiger partial charge in [0, 0.05) is 17.5 Å². The molecule has 1 aromatic carbocycles. The second kappa shape index (κ2) is 5.13. The van der Waals surface area contributed by atoms with E-state index in [1.165, 1.54) is 5.56 Å². The standard InChI is InChI=1S/C13H16N4OS/c14-10-3-1-9(2-4-10)7-8-19-13-16-15-12(18)17(13)11-5-6-11/h1-4,11H,5-8,14H2,(H,15,18). The predicted molar refractivity (Wildman–Crippen MR) is 76.4 cm³/mol. The molecule has 1 aromatic heterocycles. The van der Waals surface area contributed by atoms with Crippen LogP contribution in [0.3, 0.4) is 0 Å². The van der Waals surface area contributed by atoms with Crippen LogP contribution in [-0.4, -0.2) is 20.5 Å². The summed E-state index contributed by atoms with van der Waals surface area (Å²) in [5.41, 5.74) is 7.60. The number of nitrogens with zero attached hydrogens (tertiary/aromatic N) is 2.